The zero-order valence-electron chi connectivity index (χ0n) is 59.3. The van der Waals surface area contributed by atoms with Crippen LogP contribution in [0.3, 0.4) is 0 Å². The van der Waals surface area contributed by atoms with Gasteiger partial charge < -0.3 is 58.0 Å². The van der Waals surface area contributed by atoms with Crippen LogP contribution in [-0.4, -0.2) is 144 Å². The fraction of sp³-hybridized carbons (Fsp3) is 0.974. The number of carbonyl (C=O) groups is 2. The van der Waals surface area contributed by atoms with E-state index in [4.69, 9.17) is 47.4 Å². The molecule has 544 valence electrons. The first kappa shape index (κ1) is 94.6. The maximum atomic E-state index is 12.1. The topological polar surface area (TPSA) is 150 Å². The summed E-state index contributed by atoms with van der Waals surface area (Å²) in [6, 6.07) is 0. The smallest absolute Gasteiger partial charge is 0.407 e. The van der Waals surface area contributed by atoms with Crippen molar-refractivity contribution in [1.29, 1.82) is 0 Å². The summed E-state index contributed by atoms with van der Waals surface area (Å²) in [7, 11) is 3.27. The number of unbranched alkanes of at least 4 members (excludes halogenated alkanes) is 44. The number of nitrogens with one attached hydrogen (secondary N) is 2. The van der Waals surface area contributed by atoms with Crippen LogP contribution < -0.4 is 10.6 Å². The molecular formula is C76H158N2O12. The van der Waals surface area contributed by atoms with Crippen LogP contribution in [0.4, 0.5) is 9.59 Å². The summed E-state index contributed by atoms with van der Waals surface area (Å²) in [6.07, 6.45) is 62.5. The lowest BCUT2D eigenvalue weighted by molar-refractivity contribution is -0.0469. The van der Waals surface area contributed by atoms with Crippen molar-refractivity contribution in [3.05, 3.63) is 0 Å². The second-order valence-corrected chi connectivity index (χ2v) is 24.9. The normalized spacial score (nSPS) is 11.8. The molecule has 2 amide bonds. The number of amides is 2. The van der Waals surface area contributed by atoms with Crippen LogP contribution in [0.25, 0.3) is 0 Å². The lowest BCUT2D eigenvalue weighted by atomic mass is 10.1. The molecule has 0 aromatic heterocycles. The number of rotatable bonds is 74. The third kappa shape index (κ3) is 84.2. The van der Waals surface area contributed by atoms with E-state index in [9.17, 15) is 9.59 Å². The van der Waals surface area contributed by atoms with Crippen molar-refractivity contribution in [2.45, 2.75) is 363 Å². The summed E-state index contributed by atoms with van der Waals surface area (Å²) in [6.45, 7) is 17.0. The summed E-state index contributed by atoms with van der Waals surface area (Å²) >= 11 is 0. The lowest BCUT2D eigenvalue weighted by Gasteiger charge is -2.19. The van der Waals surface area contributed by atoms with Gasteiger partial charge in [-0.3, -0.25) is 0 Å². The Hall–Kier alpha value is -1.78. The van der Waals surface area contributed by atoms with Crippen LogP contribution in [-0.2, 0) is 47.4 Å². The van der Waals surface area contributed by atoms with Gasteiger partial charge in [-0.2, -0.15) is 0 Å². The number of ether oxygens (including phenoxy) is 10. The fourth-order valence-electron chi connectivity index (χ4n) is 10.6. The molecule has 0 fully saturated rings. The van der Waals surface area contributed by atoms with Crippen LogP contribution >= 0.6 is 0 Å². The first-order chi connectivity index (χ1) is 43.5. The Kier molecular flexibility index (Phi) is 91.7. The Bertz CT molecular complexity index is 1190. The van der Waals surface area contributed by atoms with Crippen molar-refractivity contribution >= 4 is 12.2 Å². The highest BCUT2D eigenvalue weighted by Crippen LogP contribution is 2.17. The highest BCUT2D eigenvalue weighted by molar-refractivity contribution is 5.67. The lowest BCUT2D eigenvalue weighted by Crippen LogP contribution is -2.37. The highest BCUT2D eigenvalue weighted by Gasteiger charge is 2.15. The third-order valence-electron chi connectivity index (χ3n) is 16.3. The summed E-state index contributed by atoms with van der Waals surface area (Å²) in [5.74, 6) is 0. The zero-order chi connectivity index (χ0) is 64.0. The van der Waals surface area contributed by atoms with Gasteiger partial charge in [0.25, 0.3) is 0 Å². The molecule has 0 aromatic rings. The van der Waals surface area contributed by atoms with E-state index in [-0.39, 0.29) is 40.3 Å². The van der Waals surface area contributed by atoms with E-state index in [0.717, 1.165) is 38.9 Å². The van der Waals surface area contributed by atoms with Gasteiger partial charge in [0.1, 0.15) is 19.3 Å². The molecule has 0 rings (SSSR count). The first-order valence-corrected chi connectivity index (χ1v) is 37.8. The minimum absolute atomic E-state index is 0. The van der Waals surface area contributed by atoms with E-state index >= 15 is 0 Å². The van der Waals surface area contributed by atoms with E-state index in [1.807, 2.05) is 0 Å². The predicted octanol–water partition coefficient (Wildman–Crippen LogP) is 21.6. The molecule has 2 N–H and O–H groups in total. The van der Waals surface area contributed by atoms with Crippen LogP contribution in [0, 0.1) is 0 Å². The molecule has 14 heteroatoms. The van der Waals surface area contributed by atoms with Gasteiger partial charge in [-0.25, -0.2) is 9.59 Å². The maximum absolute atomic E-state index is 12.1. The Morgan fingerprint density at radius 3 is 0.889 bits per heavy atom. The molecule has 0 aliphatic heterocycles. The molecule has 0 aromatic carbocycles. The van der Waals surface area contributed by atoms with Crippen molar-refractivity contribution in [3.63, 3.8) is 0 Å². The average Bonchev–Trinajstić information content (AvgIpc) is 3.62. The first-order valence-electron chi connectivity index (χ1n) is 37.8. The summed E-state index contributed by atoms with van der Waals surface area (Å²) in [4.78, 5) is 24.2. The van der Waals surface area contributed by atoms with Gasteiger partial charge in [-0.15, -0.1) is 0 Å². The number of methoxy groups -OCH3 is 2. The Morgan fingerprint density at radius 2 is 0.544 bits per heavy atom. The zero-order valence-corrected chi connectivity index (χ0v) is 59.3. The largest absolute Gasteiger partial charge is 0.447 e. The molecule has 2 atom stereocenters. The molecule has 0 aliphatic carbocycles. The molecule has 0 bridgehead atoms. The second-order valence-electron chi connectivity index (χ2n) is 24.9. The molecule has 14 nitrogen and oxygen atoms in total. The minimum atomic E-state index is -0.444. The van der Waals surface area contributed by atoms with Crippen molar-refractivity contribution in [2.24, 2.45) is 0 Å². The fourth-order valence-corrected chi connectivity index (χ4v) is 10.6. The molecule has 90 heavy (non-hydrogen) atoms. The van der Waals surface area contributed by atoms with E-state index in [1.54, 1.807) is 14.2 Å². The molecule has 0 radical (unpaired) electrons. The molecular weight excluding hydrogens is 1130 g/mol. The average molecular weight is 1290 g/mol. The summed E-state index contributed by atoms with van der Waals surface area (Å²) in [5, 5.41) is 5.56. The van der Waals surface area contributed by atoms with Crippen molar-refractivity contribution < 1.29 is 57.0 Å². The molecule has 0 saturated carbocycles. The van der Waals surface area contributed by atoms with Gasteiger partial charge in [0, 0.05) is 53.7 Å². The van der Waals surface area contributed by atoms with E-state index in [0.29, 0.717) is 79.2 Å². The van der Waals surface area contributed by atoms with Gasteiger partial charge in [0.2, 0.25) is 0 Å². The van der Waals surface area contributed by atoms with E-state index in [2.05, 4.69) is 38.3 Å². The monoisotopic (exact) mass is 1290 g/mol. The second kappa shape index (κ2) is 87.2. The quantitative estimate of drug-likeness (QED) is 0.0558. The summed E-state index contributed by atoms with van der Waals surface area (Å²) in [5.41, 5.74) is 0. The number of carbonyl (C=O) groups excluding carboxylic acids is 2. The van der Waals surface area contributed by atoms with Crippen molar-refractivity contribution in [3.8, 4) is 0 Å². The number of hydrogen-bond acceptors (Lipinski definition) is 12. The van der Waals surface area contributed by atoms with Crippen LogP contribution in [0.2, 0.25) is 0 Å². The molecule has 0 heterocycles. The van der Waals surface area contributed by atoms with Crippen molar-refractivity contribution in [1.82, 2.24) is 10.6 Å². The standard InChI is InChI=1S/2C37H75NO6.2CH4/c1-4-6-8-10-12-14-16-18-20-22-24-26-29-42-34-36(35-44-37(39)38-28-31-41-33-32-40-3)43-30-27-25-23-21-19-17-15-13-11-9-7-5-2;1-4-6-8-10-12-14-16-18-20-22-24-26-28-42-35-36(34-38-37(39)44-33-32-41-31-30-40-3)43-29-27-25-23-21-19-17-15-13-11-9-7-5-2;;/h2*36H,4-35H2,1-3H3,(H,38,39);2*1H4/t2*36-;;/m10../s1. The minimum Gasteiger partial charge on any atom is -0.447 e. The van der Waals surface area contributed by atoms with Gasteiger partial charge in [0.15, 0.2) is 0 Å². The van der Waals surface area contributed by atoms with Crippen molar-refractivity contribution in [2.75, 3.05) is 120 Å². The Morgan fingerprint density at radius 1 is 0.267 bits per heavy atom. The number of hydrogen-bond donors (Lipinski definition) is 2. The van der Waals surface area contributed by atoms with E-state index in [1.165, 1.54) is 283 Å². The van der Waals surface area contributed by atoms with E-state index < -0.39 is 12.2 Å². The van der Waals surface area contributed by atoms with Gasteiger partial charge >= 0.3 is 12.2 Å². The summed E-state index contributed by atoms with van der Waals surface area (Å²) < 4.78 is 55.4. The molecule has 0 spiro atoms. The predicted molar refractivity (Wildman–Crippen MR) is 383 cm³/mol. The highest BCUT2D eigenvalue weighted by atomic mass is 16.6. The Balaban J connectivity index is -0.000000804. The molecule has 0 unspecified atom stereocenters. The maximum Gasteiger partial charge on any atom is 0.407 e. The molecule has 0 aliphatic rings. The van der Waals surface area contributed by atoms with Gasteiger partial charge in [0.05, 0.1) is 59.0 Å². The van der Waals surface area contributed by atoms with Gasteiger partial charge in [-0.05, 0) is 25.7 Å². The Labute approximate surface area is 560 Å². The molecule has 0 saturated heterocycles. The third-order valence-corrected chi connectivity index (χ3v) is 16.3. The SMILES string of the molecule is C.C.CCCCCCCCCCCCCCOC[C@H](CNC(=O)OCCOCCOC)OCCCCCCCCCCCCCC.CCCCCCCCCCCCCCOC[C@H](COC(=O)NCCOCCOC)OCCCCCCCCCCCCCC. The van der Waals surface area contributed by atoms with Gasteiger partial charge in [-0.1, -0.05) is 325 Å². The van der Waals surface area contributed by atoms with Crippen LogP contribution in [0.15, 0.2) is 0 Å². The van der Waals surface area contributed by atoms with Crippen LogP contribution in [0.1, 0.15) is 351 Å². The van der Waals surface area contributed by atoms with Crippen LogP contribution in [0.5, 0.6) is 0 Å². The number of alkyl carbamates (subject to hydrolysis) is 2.